The lowest BCUT2D eigenvalue weighted by Gasteiger charge is -2.30. The van der Waals surface area contributed by atoms with Crippen LogP contribution in [0.5, 0.6) is 0 Å². The van der Waals surface area contributed by atoms with Crippen LogP contribution in [0.4, 0.5) is 10.5 Å². The van der Waals surface area contributed by atoms with E-state index in [9.17, 15) is 9.59 Å². The predicted octanol–water partition coefficient (Wildman–Crippen LogP) is 2.50. The Morgan fingerprint density at radius 1 is 1.33 bits per heavy atom. The van der Waals surface area contributed by atoms with E-state index in [0.29, 0.717) is 13.0 Å². The molecule has 0 radical (unpaired) electrons. The number of urea groups is 1. The fraction of sp³-hybridized carbons (Fsp3) is 0.333. The van der Waals surface area contributed by atoms with Crippen molar-refractivity contribution in [1.82, 2.24) is 9.88 Å². The van der Waals surface area contributed by atoms with Crippen molar-refractivity contribution in [2.24, 2.45) is 5.92 Å². The largest absolute Gasteiger partial charge is 0.481 e. The molecule has 6 nitrogen and oxygen atoms in total. The van der Waals surface area contributed by atoms with E-state index in [4.69, 9.17) is 5.11 Å². The highest BCUT2D eigenvalue weighted by atomic mass is 16.4. The quantitative estimate of drug-likeness (QED) is 0.793. The summed E-state index contributed by atoms with van der Waals surface area (Å²) in [5.41, 5.74) is 1.69. The van der Waals surface area contributed by atoms with Crippen LogP contribution >= 0.6 is 0 Å². The average molecular weight is 287 g/mol. The summed E-state index contributed by atoms with van der Waals surface area (Å²) in [6, 6.07) is 7.31. The predicted molar refractivity (Wildman–Crippen MR) is 79.3 cm³/mol. The summed E-state index contributed by atoms with van der Waals surface area (Å²) >= 11 is 0. The molecule has 6 heteroatoms. The summed E-state index contributed by atoms with van der Waals surface area (Å²) in [6.07, 6.45) is 3.17. The van der Waals surface area contributed by atoms with Gasteiger partial charge in [-0.3, -0.25) is 4.79 Å². The maximum absolute atomic E-state index is 12.3. The van der Waals surface area contributed by atoms with Gasteiger partial charge in [-0.05, 0) is 31.0 Å². The number of rotatable bonds is 2. The molecule has 1 fully saturated rings. The summed E-state index contributed by atoms with van der Waals surface area (Å²) in [6.45, 7) is 0.864. The number of carboxylic acid groups (broad SMARTS) is 1. The molecule has 1 aromatic carbocycles. The minimum Gasteiger partial charge on any atom is -0.481 e. The van der Waals surface area contributed by atoms with Gasteiger partial charge in [0.25, 0.3) is 0 Å². The number of likely N-dealkylation sites (tertiary alicyclic amines) is 1. The topological polar surface area (TPSA) is 85.4 Å². The van der Waals surface area contributed by atoms with E-state index >= 15 is 0 Å². The molecule has 0 spiro atoms. The summed E-state index contributed by atoms with van der Waals surface area (Å²) in [5.74, 6) is -1.30. The lowest BCUT2D eigenvalue weighted by molar-refractivity contribution is -0.143. The number of nitrogens with zero attached hydrogens (tertiary/aromatic N) is 1. The number of hydrogen-bond acceptors (Lipinski definition) is 2. The third kappa shape index (κ3) is 2.69. The summed E-state index contributed by atoms with van der Waals surface area (Å²) < 4.78 is 0. The van der Waals surface area contributed by atoms with E-state index in [0.717, 1.165) is 23.0 Å². The first-order valence-electron chi connectivity index (χ1n) is 7.00. The van der Waals surface area contributed by atoms with Crippen molar-refractivity contribution < 1.29 is 14.7 Å². The number of aromatic amines is 1. The van der Waals surface area contributed by atoms with Gasteiger partial charge in [0.1, 0.15) is 0 Å². The number of carbonyl (C=O) groups excluding carboxylic acids is 1. The minimum absolute atomic E-state index is 0.241. The number of piperidine rings is 1. The van der Waals surface area contributed by atoms with Crippen molar-refractivity contribution in [1.29, 1.82) is 0 Å². The maximum Gasteiger partial charge on any atom is 0.321 e. The number of aliphatic carboxylic acids is 1. The first-order chi connectivity index (χ1) is 10.1. The Bertz CT molecular complexity index is 680. The second kappa shape index (κ2) is 5.47. The molecule has 1 atom stereocenters. The number of carbonyl (C=O) groups is 2. The third-order valence-corrected chi connectivity index (χ3v) is 3.89. The molecule has 1 aliphatic heterocycles. The smallest absolute Gasteiger partial charge is 0.321 e. The Hall–Kier alpha value is -2.50. The molecular weight excluding hydrogens is 270 g/mol. The second-order valence-corrected chi connectivity index (χ2v) is 5.30. The zero-order chi connectivity index (χ0) is 14.8. The van der Waals surface area contributed by atoms with Gasteiger partial charge in [0, 0.05) is 30.2 Å². The number of nitrogens with one attached hydrogen (secondary N) is 2. The Morgan fingerprint density at radius 2 is 2.19 bits per heavy atom. The van der Waals surface area contributed by atoms with Gasteiger partial charge in [-0.1, -0.05) is 6.07 Å². The second-order valence-electron chi connectivity index (χ2n) is 5.30. The lowest BCUT2D eigenvalue weighted by Crippen LogP contribution is -2.44. The van der Waals surface area contributed by atoms with Crippen molar-refractivity contribution >= 4 is 28.6 Å². The number of aromatic nitrogens is 1. The molecule has 2 amide bonds. The van der Waals surface area contributed by atoms with Crippen LogP contribution in [-0.2, 0) is 4.79 Å². The van der Waals surface area contributed by atoms with E-state index in [-0.39, 0.29) is 12.6 Å². The van der Waals surface area contributed by atoms with Gasteiger partial charge in [-0.25, -0.2) is 4.79 Å². The molecular formula is C15H17N3O3. The standard InChI is InChI=1S/C15H17N3O3/c19-14(20)10-3-2-8-18(9-10)15(21)17-13-5-1-4-12-11(13)6-7-16-12/h1,4-7,10,16H,2-3,8-9H2,(H,17,21)(H,19,20). The van der Waals surface area contributed by atoms with Crippen molar-refractivity contribution in [2.75, 3.05) is 18.4 Å². The first-order valence-corrected chi connectivity index (χ1v) is 7.00. The van der Waals surface area contributed by atoms with Crippen LogP contribution in [0.15, 0.2) is 30.5 Å². The molecule has 1 aliphatic rings. The first kappa shape index (κ1) is 13.5. The Kier molecular flexibility index (Phi) is 3.51. The number of carboxylic acids is 1. The summed E-state index contributed by atoms with van der Waals surface area (Å²) in [4.78, 5) is 28.0. The van der Waals surface area contributed by atoms with E-state index < -0.39 is 11.9 Å². The van der Waals surface area contributed by atoms with Crippen molar-refractivity contribution in [3.63, 3.8) is 0 Å². The number of hydrogen-bond donors (Lipinski definition) is 3. The van der Waals surface area contributed by atoms with Gasteiger partial charge in [0.05, 0.1) is 11.6 Å². The number of amides is 2. The lowest BCUT2D eigenvalue weighted by atomic mass is 9.99. The number of fused-ring (bicyclic) bond motifs is 1. The molecule has 1 unspecified atom stereocenters. The van der Waals surface area contributed by atoms with Crippen LogP contribution < -0.4 is 5.32 Å². The molecule has 0 aliphatic carbocycles. The van der Waals surface area contributed by atoms with E-state index in [1.807, 2.05) is 30.5 Å². The molecule has 0 saturated carbocycles. The normalized spacial score (nSPS) is 18.7. The minimum atomic E-state index is -0.833. The van der Waals surface area contributed by atoms with Gasteiger partial charge >= 0.3 is 12.0 Å². The Morgan fingerprint density at radius 3 is 3.00 bits per heavy atom. The van der Waals surface area contributed by atoms with Crippen LogP contribution in [-0.4, -0.2) is 40.1 Å². The summed E-state index contributed by atoms with van der Waals surface area (Å²) in [5, 5.41) is 12.9. The highest BCUT2D eigenvalue weighted by Crippen LogP contribution is 2.23. The monoisotopic (exact) mass is 287 g/mol. The third-order valence-electron chi connectivity index (χ3n) is 3.89. The zero-order valence-corrected chi connectivity index (χ0v) is 11.5. The fourth-order valence-corrected chi connectivity index (χ4v) is 2.75. The van der Waals surface area contributed by atoms with Crippen molar-refractivity contribution in [2.45, 2.75) is 12.8 Å². The van der Waals surface area contributed by atoms with Crippen LogP contribution in [0.2, 0.25) is 0 Å². The van der Waals surface area contributed by atoms with Gasteiger partial charge in [0.15, 0.2) is 0 Å². The van der Waals surface area contributed by atoms with E-state index in [1.165, 1.54) is 0 Å². The average Bonchev–Trinajstić information content (AvgIpc) is 2.97. The fourth-order valence-electron chi connectivity index (χ4n) is 2.75. The maximum atomic E-state index is 12.3. The number of benzene rings is 1. The van der Waals surface area contributed by atoms with Crippen molar-refractivity contribution in [3.05, 3.63) is 30.5 Å². The summed E-state index contributed by atoms with van der Waals surface area (Å²) in [7, 11) is 0. The molecule has 2 heterocycles. The molecule has 0 bridgehead atoms. The molecule has 110 valence electrons. The van der Waals surface area contributed by atoms with Gasteiger partial charge < -0.3 is 20.3 Å². The van der Waals surface area contributed by atoms with Gasteiger partial charge in [-0.2, -0.15) is 0 Å². The molecule has 1 saturated heterocycles. The molecule has 1 aromatic heterocycles. The zero-order valence-electron chi connectivity index (χ0n) is 11.5. The highest BCUT2D eigenvalue weighted by molar-refractivity contribution is 6.00. The van der Waals surface area contributed by atoms with Crippen LogP contribution in [0.3, 0.4) is 0 Å². The number of anilines is 1. The van der Waals surface area contributed by atoms with Crippen LogP contribution in [0.1, 0.15) is 12.8 Å². The van der Waals surface area contributed by atoms with Gasteiger partial charge in [-0.15, -0.1) is 0 Å². The molecule has 21 heavy (non-hydrogen) atoms. The van der Waals surface area contributed by atoms with E-state index in [1.54, 1.807) is 4.90 Å². The van der Waals surface area contributed by atoms with Crippen LogP contribution in [0, 0.1) is 5.92 Å². The molecule has 3 rings (SSSR count). The van der Waals surface area contributed by atoms with Gasteiger partial charge in [0.2, 0.25) is 0 Å². The van der Waals surface area contributed by atoms with E-state index in [2.05, 4.69) is 10.3 Å². The SMILES string of the molecule is O=C(O)C1CCCN(C(=O)Nc2cccc3[nH]ccc23)C1. The number of H-pyrrole nitrogens is 1. The van der Waals surface area contributed by atoms with Crippen molar-refractivity contribution in [3.8, 4) is 0 Å². The Balaban J connectivity index is 1.74. The highest BCUT2D eigenvalue weighted by Gasteiger charge is 2.28. The molecule has 3 N–H and O–H groups in total. The van der Waals surface area contributed by atoms with Crippen LogP contribution in [0.25, 0.3) is 10.9 Å². The Labute approximate surface area is 121 Å². The molecule has 2 aromatic rings.